The van der Waals surface area contributed by atoms with Crippen molar-refractivity contribution in [3.05, 3.63) is 23.8 Å². The van der Waals surface area contributed by atoms with Crippen molar-refractivity contribution in [3.63, 3.8) is 0 Å². The van der Waals surface area contributed by atoms with E-state index in [1.54, 1.807) is 0 Å². The summed E-state index contributed by atoms with van der Waals surface area (Å²) in [6.45, 7) is 15.0. The highest BCUT2D eigenvalue weighted by atomic mass is 14.8. The van der Waals surface area contributed by atoms with Gasteiger partial charge in [0.05, 0.1) is 0 Å². The Morgan fingerprint density at radius 3 is 2.43 bits per heavy atom. The van der Waals surface area contributed by atoms with Crippen molar-refractivity contribution in [1.82, 2.24) is 5.32 Å². The maximum absolute atomic E-state index is 4.13. The molecule has 0 radical (unpaired) electrons. The van der Waals surface area contributed by atoms with Crippen LogP contribution < -0.4 is 5.32 Å². The third-order valence-corrected chi connectivity index (χ3v) is 2.31. The Hall–Kier alpha value is -0.560. The summed E-state index contributed by atoms with van der Waals surface area (Å²) in [5.41, 5.74) is 2.60. The van der Waals surface area contributed by atoms with Gasteiger partial charge in [0, 0.05) is 6.54 Å². The molecule has 0 aromatic rings. The lowest BCUT2D eigenvalue weighted by atomic mass is 9.96. The number of nitrogens with one attached hydrogen (secondary N) is 1. The lowest BCUT2D eigenvalue weighted by Crippen LogP contribution is -2.23. The van der Waals surface area contributed by atoms with Crippen LogP contribution in [0.3, 0.4) is 0 Å². The molecule has 1 heteroatoms. The second-order valence-corrected chi connectivity index (χ2v) is 4.11. The quantitative estimate of drug-likeness (QED) is 0.484. The highest BCUT2D eigenvalue weighted by Gasteiger charge is 2.07. The summed E-state index contributed by atoms with van der Waals surface area (Å²) >= 11 is 0. The zero-order chi connectivity index (χ0) is 11.0. The Labute approximate surface area is 89.3 Å². The van der Waals surface area contributed by atoms with Crippen molar-refractivity contribution in [2.75, 3.05) is 13.1 Å². The fourth-order valence-corrected chi connectivity index (χ4v) is 1.48. The minimum atomic E-state index is 0.594. The van der Waals surface area contributed by atoms with Crippen molar-refractivity contribution in [2.45, 2.75) is 40.5 Å². The molecule has 0 aliphatic heterocycles. The molecule has 0 aliphatic rings. The van der Waals surface area contributed by atoms with E-state index >= 15 is 0 Å². The highest BCUT2D eigenvalue weighted by Crippen LogP contribution is 2.15. The molecular formula is C13H25N. The van der Waals surface area contributed by atoms with E-state index in [0.29, 0.717) is 5.92 Å². The van der Waals surface area contributed by atoms with Gasteiger partial charge in [0.25, 0.3) is 0 Å². The minimum absolute atomic E-state index is 0.594. The van der Waals surface area contributed by atoms with E-state index in [2.05, 4.69) is 45.7 Å². The van der Waals surface area contributed by atoms with Gasteiger partial charge in [0.2, 0.25) is 0 Å². The lowest BCUT2D eigenvalue weighted by molar-refractivity contribution is 0.528. The number of rotatable bonds is 7. The van der Waals surface area contributed by atoms with Gasteiger partial charge in [0.15, 0.2) is 0 Å². The fourth-order valence-electron chi connectivity index (χ4n) is 1.48. The van der Waals surface area contributed by atoms with Crippen LogP contribution in [0.1, 0.15) is 40.5 Å². The van der Waals surface area contributed by atoms with Gasteiger partial charge in [-0.3, -0.25) is 0 Å². The standard InChI is InChI=1S/C13H25N/c1-6-8-14-10-13(7-2)12(5)9-11(3)4/h9,13-14H,5-8,10H2,1-4H3. The summed E-state index contributed by atoms with van der Waals surface area (Å²) in [5, 5.41) is 3.45. The summed E-state index contributed by atoms with van der Waals surface area (Å²) in [5.74, 6) is 0.594. The van der Waals surface area contributed by atoms with Crippen LogP contribution >= 0.6 is 0 Å². The van der Waals surface area contributed by atoms with E-state index in [1.807, 2.05) is 0 Å². The Kier molecular flexibility index (Phi) is 7.50. The molecule has 0 saturated carbocycles. The van der Waals surface area contributed by atoms with E-state index in [9.17, 15) is 0 Å². The summed E-state index contributed by atoms with van der Waals surface area (Å²) in [7, 11) is 0. The Bertz CT molecular complexity index is 187. The molecule has 0 aliphatic carbocycles. The average Bonchev–Trinajstić information content (AvgIpc) is 2.11. The SMILES string of the molecule is C=C(C=C(C)C)C(CC)CNCCC. The van der Waals surface area contributed by atoms with Crippen molar-refractivity contribution in [2.24, 2.45) is 5.92 Å². The van der Waals surface area contributed by atoms with Crippen LogP contribution in [-0.4, -0.2) is 13.1 Å². The first-order valence-corrected chi connectivity index (χ1v) is 5.66. The molecule has 1 unspecified atom stereocenters. The Morgan fingerprint density at radius 1 is 1.36 bits per heavy atom. The van der Waals surface area contributed by atoms with E-state index in [0.717, 1.165) is 13.1 Å². The molecule has 82 valence electrons. The predicted molar refractivity (Wildman–Crippen MR) is 65.5 cm³/mol. The maximum atomic E-state index is 4.13. The van der Waals surface area contributed by atoms with Gasteiger partial charge in [-0.2, -0.15) is 0 Å². The van der Waals surface area contributed by atoms with Crippen molar-refractivity contribution in [3.8, 4) is 0 Å². The van der Waals surface area contributed by atoms with Gasteiger partial charge in [-0.1, -0.05) is 37.6 Å². The normalized spacial score (nSPS) is 12.3. The summed E-state index contributed by atoms with van der Waals surface area (Å²) in [6, 6.07) is 0. The van der Waals surface area contributed by atoms with Gasteiger partial charge < -0.3 is 5.32 Å². The van der Waals surface area contributed by atoms with Crippen molar-refractivity contribution < 1.29 is 0 Å². The summed E-state index contributed by atoms with van der Waals surface area (Å²) in [4.78, 5) is 0. The monoisotopic (exact) mass is 195 g/mol. The molecule has 0 saturated heterocycles. The molecular weight excluding hydrogens is 170 g/mol. The molecule has 0 fully saturated rings. The molecule has 14 heavy (non-hydrogen) atoms. The Balaban J connectivity index is 4.00. The zero-order valence-corrected chi connectivity index (χ0v) is 10.2. The van der Waals surface area contributed by atoms with Crippen LogP contribution in [0.4, 0.5) is 0 Å². The molecule has 0 rings (SSSR count). The van der Waals surface area contributed by atoms with E-state index < -0.39 is 0 Å². The smallest absolute Gasteiger partial charge is 0.00198 e. The number of hydrogen-bond acceptors (Lipinski definition) is 1. The van der Waals surface area contributed by atoms with Crippen molar-refractivity contribution >= 4 is 0 Å². The third-order valence-electron chi connectivity index (χ3n) is 2.31. The molecule has 1 atom stereocenters. The van der Waals surface area contributed by atoms with E-state index in [-0.39, 0.29) is 0 Å². The molecule has 1 N–H and O–H groups in total. The molecule has 0 aromatic carbocycles. The molecule has 1 nitrogen and oxygen atoms in total. The van der Waals surface area contributed by atoms with E-state index in [1.165, 1.54) is 24.0 Å². The Morgan fingerprint density at radius 2 is 2.00 bits per heavy atom. The lowest BCUT2D eigenvalue weighted by Gasteiger charge is -2.16. The average molecular weight is 195 g/mol. The number of allylic oxidation sites excluding steroid dienone is 2. The highest BCUT2D eigenvalue weighted by molar-refractivity contribution is 5.21. The third kappa shape index (κ3) is 5.98. The van der Waals surface area contributed by atoms with Gasteiger partial charge in [0.1, 0.15) is 0 Å². The first-order valence-electron chi connectivity index (χ1n) is 5.66. The largest absolute Gasteiger partial charge is 0.316 e. The number of hydrogen-bond donors (Lipinski definition) is 1. The summed E-state index contributed by atoms with van der Waals surface area (Å²) in [6.07, 6.45) is 4.56. The van der Waals surface area contributed by atoms with Gasteiger partial charge in [-0.25, -0.2) is 0 Å². The van der Waals surface area contributed by atoms with E-state index in [4.69, 9.17) is 0 Å². The van der Waals surface area contributed by atoms with Crippen LogP contribution in [-0.2, 0) is 0 Å². The molecule has 0 amide bonds. The second kappa shape index (κ2) is 7.81. The van der Waals surface area contributed by atoms with Gasteiger partial charge in [-0.05, 0) is 39.2 Å². The van der Waals surface area contributed by atoms with Crippen LogP contribution in [0.2, 0.25) is 0 Å². The van der Waals surface area contributed by atoms with Crippen LogP contribution in [0.5, 0.6) is 0 Å². The minimum Gasteiger partial charge on any atom is -0.316 e. The topological polar surface area (TPSA) is 12.0 Å². The molecule has 0 spiro atoms. The maximum Gasteiger partial charge on any atom is 0.00198 e. The molecule has 0 aromatic heterocycles. The predicted octanol–water partition coefficient (Wildman–Crippen LogP) is 3.53. The first kappa shape index (κ1) is 13.4. The second-order valence-electron chi connectivity index (χ2n) is 4.11. The van der Waals surface area contributed by atoms with Crippen LogP contribution in [0, 0.1) is 5.92 Å². The van der Waals surface area contributed by atoms with Crippen LogP contribution in [0.25, 0.3) is 0 Å². The van der Waals surface area contributed by atoms with Crippen molar-refractivity contribution in [1.29, 1.82) is 0 Å². The van der Waals surface area contributed by atoms with Gasteiger partial charge in [-0.15, -0.1) is 0 Å². The molecule has 0 heterocycles. The van der Waals surface area contributed by atoms with Crippen LogP contribution in [0.15, 0.2) is 23.8 Å². The van der Waals surface area contributed by atoms with Gasteiger partial charge >= 0.3 is 0 Å². The summed E-state index contributed by atoms with van der Waals surface area (Å²) < 4.78 is 0. The zero-order valence-electron chi connectivity index (χ0n) is 10.2. The molecule has 0 bridgehead atoms. The first-order chi connectivity index (χ1) is 6.61. The fraction of sp³-hybridized carbons (Fsp3) is 0.692.